The molecule has 17 heavy (non-hydrogen) atoms. The molecular formula is C14H22N2S. The van der Waals surface area contributed by atoms with Crippen molar-refractivity contribution in [3.8, 4) is 0 Å². The van der Waals surface area contributed by atoms with Crippen LogP contribution in [0.2, 0.25) is 0 Å². The first-order valence-corrected chi connectivity index (χ1v) is 6.53. The smallest absolute Gasteiger partial charge is 0.0829 e. The molecule has 1 unspecified atom stereocenters. The maximum Gasteiger partial charge on any atom is 0.0829 e. The summed E-state index contributed by atoms with van der Waals surface area (Å²) in [5.74, 6) is 0.508. The maximum absolute atomic E-state index is 4.66. The SMILES string of the molecule is CC1=CCCC(C)(C)C1C=CC(C)=NNC=S. The minimum atomic E-state index is 0.340. The minimum Gasteiger partial charge on any atom is -0.275 e. The molecule has 0 aromatic rings. The van der Waals surface area contributed by atoms with Crippen molar-refractivity contribution in [3.05, 3.63) is 23.8 Å². The van der Waals surface area contributed by atoms with Gasteiger partial charge in [0.1, 0.15) is 0 Å². The molecular weight excluding hydrogens is 228 g/mol. The van der Waals surface area contributed by atoms with Gasteiger partial charge >= 0.3 is 0 Å². The van der Waals surface area contributed by atoms with E-state index >= 15 is 0 Å². The third-order valence-electron chi connectivity index (χ3n) is 3.41. The van der Waals surface area contributed by atoms with E-state index in [1.54, 1.807) is 0 Å². The first-order valence-electron chi connectivity index (χ1n) is 6.05. The second kappa shape index (κ2) is 6.10. The minimum absolute atomic E-state index is 0.340. The molecule has 1 N–H and O–H groups in total. The van der Waals surface area contributed by atoms with Gasteiger partial charge in [0.2, 0.25) is 0 Å². The van der Waals surface area contributed by atoms with Crippen LogP contribution in [0, 0.1) is 11.3 Å². The first-order chi connectivity index (χ1) is 7.97. The second-order valence-electron chi connectivity index (χ2n) is 5.31. The van der Waals surface area contributed by atoms with E-state index < -0.39 is 0 Å². The van der Waals surface area contributed by atoms with E-state index in [2.05, 4.69) is 61.7 Å². The fraction of sp³-hybridized carbons (Fsp3) is 0.571. The summed E-state index contributed by atoms with van der Waals surface area (Å²) in [4.78, 5) is 0. The van der Waals surface area contributed by atoms with Gasteiger partial charge in [-0.1, -0.05) is 43.8 Å². The van der Waals surface area contributed by atoms with Crippen LogP contribution < -0.4 is 5.43 Å². The molecule has 1 aliphatic carbocycles. The van der Waals surface area contributed by atoms with Crippen molar-refractivity contribution >= 4 is 23.4 Å². The number of allylic oxidation sites excluding steroid dienone is 4. The number of hydrazone groups is 1. The van der Waals surface area contributed by atoms with Crippen LogP contribution in [-0.2, 0) is 0 Å². The van der Waals surface area contributed by atoms with E-state index in [1.165, 1.54) is 23.9 Å². The third-order valence-corrected chi connectivity index (χ3v) is 3.52. The van der Waals surface area contributed by atoms with Crippen LogP contribution >= 0.6 is 12.2 Å². The highest BCUT2D eigenvalue weighted by Gasteiger charge is 2.30. The molecule has 0 bridgehead atoms. The number of thiocarbonyl (C=S) groups is 1. The fourth-order valence-corrected chi connectivity index (χ4v) is 2.44. The lowest BCUT2D eigenvalue weighted by atomic mass is 9.68. The van der Waals surface area contributed by atoms with Gasteiger partial charge in [-0.15, -0.1) is 0 Å². The summed E-state index contributed by atoms with van der Waals surface area (Å²) in [7, 11) is 0. The summed E-state index contributed by atoms with van der Waals surface area (Å²) in [6, 6.07) is 0. The van der Waals surface area contributed by atoms with E-state index in [0.717, 1.165) is 5.71 Å². The molecule has 0 aliphatic heterocycles. The zero-order valence-electron chi connectivity index (χ0n) is 11.2. The fourth-order valence-electron chi connectivity index (χ4n) is 2.38. The summed E-state index contributed by atoms with van der Waals surface area (Å²) in [6.45, 7) is 8.86. The number of rotatable bonds is 4. The monoisotopic (exact) mass is 250 g/mol. The molecule has 1 aliphatic rings. The van der Waals surface area contributed by atoms with E-state index in [1.807, 2.05) is 6.92 Å². The molecule has 3 heteroatoms. The molecule has 1 rings (SSSR count). The lowest BCUT2D eigenvalue weighted by Crippen LogP contribution is -2.26. The highest BCUT2D eigenvalue weighted by molar-refractivity contribution is 7.78. The molecule has 1 atom stereocenters. The van der Waals surface area contributed by atoms with Gasteiger partial charge in [0.25, 0.3) is 0 Å². The largest absolute Gasteiger partial charge is 0.275 e. The van der Waals surface area contributed by atoms with Crippen LogP contribution in [0.4, 0.5) is 0 Å². The third kappa shape index (κ3) is 4.08. The van der Waals surface area contributed by atoms with Crippen molar-refractivity contribution in [2.24, 2.45) is 16.4 Å². The quantitative estimate of drug-likeness (QED) is 0.355. The average Bonchev–Trinajstić information content (AvgIpc) is 2.24. The Labute approximate surface area is 110 Å². The van der Waals surface area contributed by atoms with Crippen LogP contribution in [0.25, 0.3) is 0 Å². The molecule has 0 fully saturated rings. The van der Waals surface area contributed by atoms with Gasteiger partial charge in [0.15, 0.2) is 0 Å². The van der Waals surface area contributed by atoms with E-state index in [4.69, 9.17) is 0 Å². The van der Waals surface area contributed by atoms with Crippen LogP contribution in [0.15, 0.2) is 28.9 Å². The lowest BCUT2D eigenvalue weighted by Gasteiger charge is -2.36. The zero-order chi connectivity index (χ0) is 12.9. The molecule has 0 radical (unpaired) electrons. The molecule has 0 heterocycles. The summed E-state index contributed by atoms with van der Waals surface area (Å²) in [6.07, 6.45) is 9.12. The number of hydrogen-bond acceptors (Lipinski definition) is 2. The lowest BCUT2D eigenvalue weighted by molar-refractivity contribution is 0.255. The van der Waals surface area contributed by atoms with Crippen molar-refractivity contribution in [2.75, 3.05) is 0 Å². The van der Waals surface area contributed by atoms with Gasteiger partial charge in [-0.3, -0.25) is 5.43 Å². The second-order valence-corrected chi connectivity index (χ2v) is 5.55. The van der Waals surface area contributed by atoms with Crippen molar-refractivity contribution in [3.63, 3.8) is 0 Å². The predicted molar refractivity (Wildman–Crippen MR) is 79.3 cm³/mol. The molecule has 94 valence electrons. The highest BCUT2D eigenvalue weighted by atomic mass is 32.1. The molecule has 0 amide bonds. The van der Waals surface area contributed by atoms with Crippen molar-refractivity contribution in [1.82, 2.24) is 5.43 Å². The van der Waals surface area contributed by atoms with E-state index in [-0.39, 0.29) is 0 Å². The summed E-state index contributed by atoms with van der Waals surface area (Å²) >= 11 is 4.66. The summed E-state index contributed by atoms with van der Waals surface area (Å²) in [5.41, 5.74) is 6.84. The molecule has 0 spiro atoms. The Balaban J connectivity index is 2.78. The Hall–Kier alpha value is -0.960. The normalized spacial score (nSPS) is 24.6. The standard InChI is InChI=1S/C14H22N2S/c1-11-6-5-9-14(3,4)13(11)8-7-12(2)16-15-10-17/h6-8,10,13H,5,9H2,1-4H3,(H,15,17). The molecule has 0 aromatic heterocycles. The van der Waals surface area contributed by atoms with E-state index in [0.29, 0.717) is 11.3 Å². The van der Waals surface area contributed by atoms with Crippen molar-refractivity contribution in [1.29, 1.82) is 0 Å². The van der Waals surface area contributed by atoms with E-state index in [9.17, 15) is 0 Å². The van der Waals surface area contributed by atoms with Crippen LogP contribution in [-0.4, -0.2) is 11.2 Å². The Morgan fingerprint density at radius 2 is 2.29 bits per heavy atom. The van der Waals surface area contributed by atoms with Crippen molar-refractivity contribution in [2.45, 2.75) is 40.5 Å². The predicted octanol–water partition coefficient (Wildman–Crippen LogP) is 3.85. The van der Waals surface area contributed by atoms with Gasteiger partial charge < -0.3 is 0 Å². The van der Waals surface area contributed by atoms with Crippen molar-refractivity contribution < 1.29 is 0 Å². The molecule has 0 saturated heterocycles. The van der Waals surface area contributed by atoms with Gasteiger partial charge in [0.05, 0.1) is 11.2 Å². The number of nitrogens with one attached hydrogen (secondary N) is 1. The van der Waals surface area contributed by atoms with Gasteiger partial charge in [-0.05, 0) is 38.2 Å². The van der Waals surface area contributed by atoms with Gasteiger partial charge in [0, 0.05) is 5.92 Å². The maximum atomic E-state index is 4.66. The number of nitrogens with zero attached hydrogens (tertiary/aromatic N) is 1. The van der Waals surface area contributed by atoms with Crippen LogP contribution in [0.3, 0.4) is 0 Å². The Morgan fingerprint density at radius 3 is 2.88 bits per heavy atom. The Morgan fingerprint density at radius 1 is 1.59 bits per heavy atom. The molecule has 0 aromatic carbocycles. The molecule has 2 nitrogen and oxygen atoms in total. The van der Waals surface area contributed by atoms with Crippen LogP contribution in [0.1, 0.15) is 40.5 Å². The summed E-state index contributed by atoms with van der Waals surface area (Å²) in [5, 5.41) is 4.10. The molecule has 0 saturated carbocycles. The Kier molecular flexibility index (Phi) is 5.06. The first kappa shape index (κ1) is 14.1. The zero-order valence-corrected chi connectivity index (χ0v) is 12.0. The number of hydrogen-bond donors (Lipinski definition) is 1. The van der Waals surface area contributed by atoms with Crippen LogP contribution in [0.5, 0.6) is 0 Å². The topological polar surface area (TPSA) is 24.4 Å². The Bertz CT molecular complexity index is 364. The van der Waals surface area contributed by atoms with Gasteiger partial charge in [-0.2, -0.15) is 5.10 Å². The highest BCUT2D eigenvalue weighted by Crippen LogP contribution is 2.41. The average molecular weight is 250 g/mol. The summed E-state index contributed by atoms with van der Waals surface area (Å²) < 4.78 is 0. The van der Waals surface area contributed by atoms with Gasteiger partial charge in [-0.25, -0.2) is 0 Å².